The Morgan fingerprint density at radius 1 is 0.977 bits per heavy atom. The molecule has 10 heteroatoms. The average Bonchev–Trinajstić information content (AvgIpc) is 2.97. The first-order chi connectivity index (χ1) is 20.7. The van der Waals surface area contributed by atoms with E-state index in [1.54, 1.807) is 18.2 Å². The molecule has 1 fully saturated rings. The molecule has 6 N–H and O–H groups in total. The Balaban J connectivity index is 1.78. The molecule has 44 heavy (non-hydrogen) atoms. The summed E-state index contributed by atoms with van der Waals surface area (Å²) in [7, 11) is 0. The maximum Gasteiger partial charge on any atom is 0.270 e. The van der Waals surface area contributed by atoms with Crippen molar-refractivity contribution >= 4 is 34.5 Å². The summed E-state index contributed by atoms with van der Waals surface area (Å²) in [5.41, 5.74) is 6.11. The van der Waals surface area contributed by atoms with E-state index >= 15 is 0 Å². The Morgan fingerprint density at radius 3 is 2.30 bits per heavy atom. The molecular weight excluding hydrogens is 558 g/mol. The molecule has 4 atom stereocenters. The fraction of sp³-hybridized carbons (Fsp3) is 0.618. The SMILES string of the molecule is CC(C)[C@H](C[C@H](O)[C@H](CC1CCCCC1)NC(=O)[C@H](CC(N)=O)NC(=O)c1ccc2ccccc2n1)C(=O)NCC(C)(C)C. The molecule has 0 unspecified atom stereocenters. The number of aliphatic hydroxyl groups excluding tert-OH is 1. The van der Waals surface area contributed by atoms with E-state index in [9.17, 15) is 24.3 Å². The minimum atomic E-state index is -1.26. The largest absolute Gasteiger partial charge is 0.391 e. The highest BCUT2D eigenvalue weighted by molar-refractivity contribution is 5.99. The number of carbonyl (C=O) groups excluding carboxylic acids is 4. The second-order valence-electron chi connectivity index (χ2n) is 13.9. The first-order valence-electron chi connectivity index (χ1n) is 15.9. The molecule has 1 aromatic heterocycles. The van der Waals surface area contributed by atoms with Crippen molar-refractivity contribution in [3.05, 3.63) is 42.1 Å². The Hall–Kier alpha value is -3.53. The molecule has 0 spiro atoms. The summed E-state index contributed by atoms with van der Waals surface area (Å²) < 4.78 is 0. The molecule has 242 valence electrons. The number of rotatable bonds is 14. The van der Waals surface area contributed by atoms with Crippen LogP contribution in [-0.4, -0.2) is 58.5 Å². The van der Waals surface area contributed by atoms with E-state index in [2.05, 4.69) is 20.9 Å². The minimum absolute atomic E-state index is 0.0352. The van der Waals surface area contributed by atoms with Crippen LogP contribution in [0, 0.1) is 23.2 Å². The molecule has 1 heterocycles. The number of nitrogens with two attached hydrogens (primary N) is 1. The zero-order valence-corrected chi connectivity index (χ0v) is 26.9. The lowest BCUT2D eigenvalue weighted by atomic mass is 9.81. The van der Waals surface area contributed by atoms with Crippen LogP contribution in [0.15, 0.2) is 36.4 Å². The van der Waals surface area contributed by atoms with Crippen LogP contribution in [0.5, 0.6) is 0 Å². The van der Waals surface area contributed by atoms with Gasteiger partial charge in [-0.25, -0.2) is 4.98 Å². The third-order valence-corrected chi connectivity index (χ3v) is 8.39. The number of primary amides is 1. The van der Waals surface area contributed by atoms with Gasteiger partial charge >= 0.3 is 0 Å². The van der Waals surface area contributed by atoms with Gasteiger partial charge in [0.25, 0.3) is 5.91 Å². The molecule has 0 saturated heterocycles. The number of pyridine rings is 1. The summed E-state index contributed by atoms with van der Waals surface area (Å²) in [6.45, 7) is 10.5. The maximum atomic E-state index is 13.6. The van der Waals surface area contributed by atoms with Crippen LogP contribution >= 0.6 is 0 Å². The fourth-order valence-electron chi connectivity index (χ4n) is 5.80. The van der Waals surface area contributed by atoms with E-state index in [0.29, 0.717) is 24.4 Å². The lowest BCUT2D eigenvalue weighted by molar-refractivity contribution is -0.129. The number of aliphatic hydroxyl groups is 1. The maximum absolute atomic E-state index is 13.6. The second-order valence-corrected chi connectivity index (χ2v) is 13.9. The molecule has 1 aliphatic rings. The number of amides is 4. The quantitative estimate of drug-likeness (QED) is 0.218. The van der Waals surface area contributed by atoms with Gasteiger partial charge in [-0.05, 0) is 42.2 Å². The van der Waals surface area contributed by atoms with Gasteiger partial charge in [0.2, 0.25) is 17.7 Å². The number of nitrogens with zero attached hydrogens (tertiary/aromatic N) is 1. The van der Waals surface area contributed by atoms with Crippen LogP contribution in [-0.2, 0) is 14.4 Å². The van der Waals surface area contributed by atoms with E-state index in [-0.39, 0.29) is 29.4 Å². The molecule has 4 amide bonds. The topological polar surface area (TPSA) is 164 Å². The summed E-state index contributed by atoms with van der Waals surface area (Å²) in [5.74, 6) is -2.30. The van der Waals surface area contributed by atoms with Crippen molar-refractivity contribution in [2.24, 2.45) is 28.9 Å². The van der Waals surface area contributed by atoms with E-state index < -0.39 is 48.2 Å². The van der Waals surface area contributed by atoms with Crippen LogP contribution in [0.25, 0.3) is 10.9 Å². The lowest BCUT2D eigenvalue weighted by Gasteiger charge is -2.33. The van der Waals surface area contributed by atoms with Crippen molar-refractivity contribution in [3.8, 4) is 0 Å². The molecule has 1 saturated carbocycles. The van der Waals surface area contributed by atoms with Crippen molar-refractivity contribution in [2.45, 2.75) is 104 Å². The summed E-state index contributed by atoms with van der Waals surface area (Å²) in [6.07, 6.45) is 4.59. The number of fused-ring (bicyclic) bond motifs is 1. The standard InChI is InChI=1S/C34H51N5O5/c1-21(2)24(31(42)36-20-34(3,4)5)18-29(40)27(17-22-11-7-6-8-12-22)38-33(44)28(19-30(35)41)39-32(43)26-16-15-23-13-9-10-14-25(23)37-26/h9-10,13-16,21-22,24,27-29,40H,6-8,11-12,17-20H2,1-5H3,(H2,35,41)(H,36,42)(H,38,44)(H,39,43)/t24-,27-,28-,29-/m0/s1. The van der Waals surface area contributed by atoms with Gasteiger partial charge in [0.15, 0.2) is 0 Å². The van der Waals surface area contributed by atoms with Gasteiger partial charge in [0.1, 0.15) is 11.7 Å². The highest BCUT2D eigenvalue weighted by Gasteiger charge is 2.34. The number of hydrogen-bond donors (Lipinski definition) is 5. The van der Waals surface area contributed by atoms with Gasteiger partial charge in [-0.1, -0.05) is 91.0 Å². The Morgan fingerprint density at radius 2 is 1.66 bits per heavy atom. The van der Waals surface area contributed by atoms with E-state index in [1.807, 2.05) is 52.8 Å². The van der Waals surface area contributed by atoms with Crippen LogP contribution in [0.1, 0.15) is 96.5 Å². The molecule has 1 aliphatic carbocycles. The second kappa shape index (κ2) is 16.0. The normalized spacial score (nSPS) is 17.0. The Labute approximate surface area is 261 Å². The molecule has 2 aromatic rings. The molecule has 1 aromatic carbocycles. The van der Waals surface area contributed by atoms with Crippen LogP contribution in [0.3, 0.4) is 0 Å². The Kier molecular flexibility index (Phi) is 12.7. The summed E-state index contributed by atoms with van der Waals surface area (Å²) >= 11 is 0. The average molecular weight is 610 g/mol. The van der Waals surface area contributed by atoms with E-state index in [1.165, 1.54) is 0 Å². The predicted molar refractivity (Wildman–Crippen MR) is 171 cm³/mol. The first-order valence-corrected chi connectivity index (χ1v) is 15.9. The van der Waals surface area contributed by atoms with Crippen LogP contribution in [0.4, 0.5) is 0 Å². The fourth-order valence-corrected chi connectivity index (χ4v) is 5.80. The zero-order valence-electron chi connectivity index (χ0n) is 26.9. The molecule has 0 bridgehead atoms. The number of para-hydroxylation sites is 1. The Bertz CT molecular complexity index is 1280. The number of carbonyl (C=O) groups is 4. The third-order valence-electron chi connectivity index (χ3n) is 8.39. The first kappa shape index (κ1) is 35.0. The van der Waals surface area contributed by atoms with Crippen molar-refractivity contribution in [3.63, 3.8) is 0 Å². The van der Waals surface area contributed by atoms with Crippen molar-refractivity contribution < 1.29 is 24.3 Å². The number of aromatic nitrogens is 1. The number of hydrogen-bond acceptors (Lipinski definition) is 6. The van der Waals surface area contributed by atoms with Gasteiger partial charge in [0, 0.05) is 17.8 Å². The summed E-state index contributed by atoms with van der Waals surface area (Å²) in [5, 5.41) is 21.0. The molecule has 10 nitrogen and oxygen atoms in total. The third kappa shape index (κ3) is 10.9. The van der Waals surface area contributed by atoms with E-state index in [0.717, 1.165) is 37.5 Å². The van der Waals surface area contributed by atoms with Crippen LogP contribution in [0.2, 0.25) is 0 Å². The molecule has 0 radical (unpaired) electrons. The highest BCUT2D eigenvalue weighted by Crippen LogP contribution is 2.30. The van der Waals surface area contributed by atoms with Gasteiger partial charge in [0.05, 0.1) is 24.1 Å². The smallest absolute Gasteiger partial charge is 0.270 e. The molecule has 0 aliphatic heterocycles. The zero-order chi connectivity index (χ0) is 32.4. The van der Waals surface area contributed by atoms with Crippen molar-refractivity contribution in [1.82, 2.24) is 20.9 Å². The predicted octanol–water partition coefficient (Wildman–Crippen LogP) is 3.85. The number of nitrogens with one attached hydrogen (secondary N) is 3. The van der Waals surface area contributed by atoms with Gasteiger partial charge in [-0.3, -0.25) is 19.2 Å². The highest BCUT2D eigenvalue weighted by atomic mass is 16.3. The van der Waals surface area contributed by atoms with Crippen molar-refractivity contribution in [1.29, 1.82) is 0 Å². The van der Waals surface area contributed by atoms with Gasteiger partial charge in [-0.15, -0.1) is 0 Å². The monoisotopic (exact) mass is 609 g/mol. The van der Waals surface area contributed by atoms with Crippen LogP contribution < -0.4 is 21.7 Å². The number of benzene rings is 1. The van der Waals surface area contributed by atoms with Gasteiger partial charge in [-0.2, -0.15) is 0 Å². The van der Waals surface area contributed by atoms with Crippen molar-refractivity contribution in [2.75, 3.05) is 6.54 Å². The summed E-state index contributed by atoms with van der Waals surface area (Å²) in [4.78, 5) is 56.3. The molecular formula is C34H51N5O5. The molecule has 3 rings (SSSR count). The van der Waals surface area contributed by atoms with Gasteiger partial charge < -0.3 is 26.8 Å². The summed E-state index contributed by atoms with van der Waals surface area (Å²) in [6, 6.07) is 8.74. The van der Waals surface area contributed by atoms with E-state index in [4.69, 9.17) is 5.73 Å². The minimum Gasteiger partial charge on any atom is -0.391 e. The lowest BCUT2D eigenvalue weighted by Crippen LogP contribution is -2.54.